The number of hydrogen-bond acceptors (Lipinski definition) is 3. The molecule has 0 fully saturated rings. The monoisotopic (exact) mass is 349 g/mol. The highest BCUT2D eigenvalue weighted by Gasteiger charge is 2.25. The summed E-state index contributed by atoms with van der Waals surface area (Å²) in [4.78, 5) is 23.7. The van der Waals surface area contributed by atoms with E-state index in [-0.39, 0.29) is 17.6 Å². The number of hydrogen-bond donors (Lipinski definition) is 2. The van der Waals surface area contributed by atoms with E-state index in [9.17, 15) is 9.59 Å². The maximum absolute atomic E-state index is 11.9. The highest BCUT2D eigenvalue weighted by atomic mass is 35.5. The lowest BCUT2D eigenvalue weighted by Gasteiger charge is -2.20. The lowest BCUT2D eigenvalue weighted by atomic mass is 9.99. The van der Waals surface area contributed by atoms with Gasteiger partial charge < -0.3 is 10.4 Å². The van der Waals surface area contributed by atoms with Gasteiger partial charge >= 0.3 is 5.97 Å². The maximum atomic E-state index is 11.9. The van der Waals surface area contributed by atoms with Crippen molar-refractivity contribution in [2.45, 2.75) is 31.2 Å². The third-order valence-electron chi connectivity index (χ3n) is 3.05. The van der Waals surface area contributed by atoms with Crippen molar-refractivity contribution in [2.24, 2.45) is 5.92 Å². The molecule has 0 aliphatic carbocycles. The standard InChI is InChI=1S/C14H17Cl2NO3S/c1-3-8(2)13(14(19)20)17-12(18)7-21-11-6-9(15)4-5-10(11)16/h4-6,8,13H,3,7H2,1-2H3,(H,17,18)(H,19,20). The number of thioether (sulfide) groups is 1. The van der Waals surface area contributed by atoms with Gasteiger partial charge in [0.15, 0.2) is 0 Å². The minimum absolute atomic E-state index is 0.0836. The van der Waals surface area contributed by atoms with E-state index >= 15 is 0 Å². The zero-order valence-electron chi connectivity index (χ0n) is 11.7. The molecule has 2 atom stereocenters. The number of carboxylic acid groups (broad SMARTS) is 1. The van der Waals surface area contributed by atoms with Crippen LogP contribution in [-0.2, 0) is 9.59 Å². The first-order valence-electron chi connectivity index (χ1n) is 6.45. The van der Waals surface area contributed by atoms with Crippen LogP contribution < -0.4 is 5.32 Å². The van der Waals surface area contributed by atoms with Gasteiger partial charge in [0.2, 0.25) is 5.91 Å². The predicted molar refractivity (Wildman–Crippen MR) is 86.2 cm³/mol. The molecule has 0 aliphatic rings. The molecule has 0 aliphatic heterocycles. The van der Waals surface area contributed by atoms with Crippen molar-refractivity contribution < 1.29 is 14.7 Å². The molecule has 4 nitrogen and oxygen atoms in total. The van der Waals surface area contributed by atoms with Crippen molar-refractivity contribution in [3.63, 3.8) is 0 Å². The Kier molecular flexibility index (Phi) is 7.35. The van der Waals surface area contributed by atoms with E-state index in [1.165, 1.54) is 11.8 Å². The number of carbonyl (C=O) groups is 2. The quantitative estimate of drug-likeness (QED) is 0.736. The Morgan fingerprint density at radius 2 is 2.05 bits per heavy atom. The van der Waals surface area contributed by atoms with Crippen LogP contribution in [0.4, 0.5) is 0 Å². The molecule has 0 bridgehead atoms. The number of carbonyl (C=O) groups excluding carboxylic acids is 1. The largest absolute Gasteiger partial charge is 0.480 e. The average Bonchev–Trinajstić information content (AvgIpc) is 2.44. The Hall–Kier alpha value is -0.910. The molecule has 21 heavy (non-hydrogen) atoms. The molecule has 0 spiro atoms. The second kappa shape index (κ2) is 8.51. The highest BCUT2D eigenvalue weighted by molar-refractivity contribution is 8.00. The van der Waals surface area contributed by atoms with Gasteiger partial charge in [0, 0.05) is 9.92 Å². The lowest BCUT2D eigenvalue weighted by Crippen LogP contribution is -2.45. The van der Waals surface area contributed by atoms with Crippen molar-refractivity contribution in [2.75, 3.05) is 5.75 Å². The fourth-order valence-electron chi connectivity index (χ4n) is 1.63. The van der Waals surface area contributed by atoms with E-state index in [2.05, 4.69) is 5.32 Å². The first kappa shape index (κ1) is 18.1. The molecule has 116 valence electrons. The van der Waals surface area contributed by atoms with Crippen molar-refractivity contribution in [1.29, 1.82) is 0 Å². The number of carboxylic acids is 1. The summed E-state index contributed by atoms with van der Waals surface area (Å²) in [6.07, 6.45) is 0.671. The molecule has 1 rings (SSSR count). The molecule has 2 unspecified atom stereocenters. The topological polar surface area (TPSA) is 66.4 Å². The van der Waals surface area contributed by atoms with Gasteiger partial charge in [-0.1, -0.05) is 43.5 Å². The van der Waals surface area contributed by atoms with Crippen LogP contribution in [0.3, 0.4) is 0 Å². The molecule has 1 amide bonds. The van der Waals surface area contributed by atoms with Crippen LogP contribution in [0, 0.1) is 5.92 Å². The fourth-order valence-corrected chi connectivity index (χ4v) is 2.93. The normalized spacial score (nSPS) is 13.5. The molecular formula is C14H17Cl2NO3S. The van der Waals surface area contributed by atoms with Gasteiger partial charge in [0.05, 0.1) is 10.8 Å². The summed E-state index contributed by atoms with van der Waals surface area (Å²) in [7, 11) is 0. The van der Waals surface area contributed by atoms with Gasteiger partial charge in [-0.2, -0.15) is 0 Å². The second-order valence-electron chi connectivity index (χ2n) is 4.63. The molecule has 0 radical (unpaired) electrons. The van der Waals surface area contributed by atoms with Gasteiger partial charge in [-0.15, -0.1) is 11.8 Å². The third kappa shape index (κ3) is 5.77. The number of amides is 1. The lowest BCUT2D eigenvalue weighted by molar-refractivity contribution is -0.143. The van der Waals surface area contributed by atoms with E-state index in [0.29, 0.717) is 21.4 Å². The number of rotatable bonds is 7. The fraction of sp³-hybridized carbons (Fsp3) is 0.429. The predicted octanol–water partition coefficient (Wildman–Crippen LogP) is 3.70. The number of aliphatic carboxylic acids is 1. The minimum Gasteiger partial charge on any atom is -0.480 e. The SMILES string of the molecule is CCC(C)C(NC(=O)CSc1cc(Cl)ccc1Cl)C(=O)O. The van der Waals surface area contributed by atoms with E-state index in [1.54, 1.807) is 25.1 Å². The van der Waals surface area contributed by atoms with Gasteiger partial charge in [-0.05, 0) is 24.1 Å². The molecule has 0 saturated carbocycles. The average molecular weight is 350 g/mol. The highest BCUT2D eigenvalue weighted by Crippen LogP contribution is 2.29. The first-order chi connectivity index (χ1) is 9.85. The van der Waals surface area contributed by atoms with Crippen molar-refractivity contribution in [3.05, 3.63) is 28.2 Å². The summed E-state index contributed by atoms with van der Waals surface area (Å²) in [6, 6.07) is 4.12. The molecule has 1 aromatic rings. The summed E-state index contributed by atoms with van der Waals surface area (Å²) >= 11 is 13.1. The first-order valence-corrected chi connectivity index (χ1v) is 8.19. The summed E-state index contributed by atoms with van der Waals surface area (Å²) in [5.74, 6) is -1.42. The minimum atomic E-state index is -1.02. The number of halogens is 2. The molecule has 2 N–H and O–H groups in total. The third-order valence-corrected chi connectivity index (χ3v) is 4.78. The zero-order chi connectivity index (χ0) is 16.0. The molecule has 1 aromatic carbocycles. The van der Waals surface area contributed by atoms with E-state index in [1.807, 2.05) is 6.92 Å². The second-order valence-corrected chi connectivity index (χ2v) is 6.49. The zero-order valence-corrected chi connectivity index (χ0v) is 14.1. The van der Waals surface area contributed by atoms with Crippen molar-refractivity contribution in [1.82, 2.24) is 5.32 Å². The van der Waals surface area contributed by atoms with Crippen LogP contribution in [-0.4, -0.2) is 28.8 Å². The van der Waals surface area contributed by atoms with Crippen LogP contribution >= 0.6 is 35.0 Å². The summed E-state index contributed by atoms with van der Waals surface area (Å²) < 4.78 is 0. The van der Waals surface area contributed by atoms with Crippen LogP contribution in [0.25, 0.3) is 0 Å². The Morgan fingerprint density at radius 3 is 2.62 bits per heavy atom. The van der Waals surface area contributed by atoms with Gasteiger partial charge in [0.25, 0.3) is 0 Å². The Labute approximate surface area is 138 Å². The summed E-state index contributed by atoms with van der Waals surface area (Å²) in [5, 5.41) is 12.7. The van der Waals surface area contributed by atoms with Gasteiger partial charge in [-0.3, -0.25) is 4.79 Å². The van der Waals surface area contributed by atoms with Gasteiger partial charge in [-0.25, -0.2) is 4.79 Å². The Balaban J connectivity index is 2.61. The van der Waals surface area contributed by atoms with E-state index in [4.69, 9.17) is 28.3 Å². The molecule has 0 saturated heterocycles. The van der Waals surface area contributed by atoms with Crippen LogP contribution in [0.1, 0.15) is 20.3 Å². The molecular weight excluding hydrogens is 333 g/mol. The van der Waals surface area contributed by atoms with E-state index in [0.717, 1.165) is 0 Å². The summed E-state index contributed by atoms with van der Waals surface area (Å²) in [5.41, 5.74) is 0. The number of benzene rings is 1. The van der Waals surface area contributed by atoms with Gasteiger partial charge in [0.1, 0.15) is 6.04 Å². The Morgan fingerprint density at radius 1 is 1.38 bits per heavy atom. The van der Waals surface area contributed by atoms with Crippen molar-refractivity contribution in [3.8, 4) is 0 Å². The maximum Gasteiger partial charge on any atom is 0.326 e. The summed E-state index contributed by atoms with van der Waals surface area (Å²) in [6.45, 7) is 3.67. The smallest absolute Gasteiger partial charge is 0.326 e. The molecule has 0 aromatic heterocycles. The number of nitrogens with one attached hydrogen (secondary N) is 1. The van der Waals surface area contributed by atoms with Crippen LogP contribution in [0.15, 0.2) is 23.1 Å². The Bertz CT molecular complexity index is 525. The van der Waals surface area contributed by atoms with Crippen molar-refractivity contribution >= 4 is 46.8 Å². The van der Waals surface area contributed by atoms with Crippen LogP contribution in [0.5, 0.6) is 0 Å². The molecule has 7 heteroatoms. The molecule has 0 heterocycles. The van der Waals surface area contributed by atoms with Crippen LogP contribution in [0.2, 0.25) is 10.0 Å². The van der Waals surface area contributed by atoms with E-state index < -0.39 is 12.0 Å².